The van der Waals surface area contributed by atoms with Crippen LogP contribution in [0, 0.1) is 5.92 Å². The molecule has 0 aromatic heterocycles. The largest absolute Gasteiger partial charge is 0.356 e. The van der Waals surface area contributed by atoms with Crippen molar-refractivity contribution >= 4 is 5.91 Å². The second kappa shape index (κ2) is 5.75. The Morgan fingerprint density at radius 1 is 1.69 bits per heavy atom. The zero-order valence-corrected chi connectivity index (χ0v) is 8.01. The molecule has 13 heavy (non-hydrogen) atoms. The monoisotopic (exact) mass is 182 g/mol. The van der Waals surface area contributed by atoms with Gasteiger partial charge in [-0.25, -0.2) is 0 Å². The van der Waals surface area contributed by atoms with Gasteiger partial charge in [-0.2, -0.15) is 0 Å². The van der Waals surface area contributed by atoms with E-state index in [9.17, 15) is 4.79 Å². The first kappa shape index (κ1) is 10.3. The maximum atomic E-state index is 11.5. The minimum absolute atomic E-state index is 0.179. The smallest absolute Gasteiger partial charge is 0.224 e. The molecule has 1 unspecified atom stereocenters. The first-order valence-electron chi connectivity index (χ1n) is 4.94. The van der Waals surface area contributed by atoms with Crippen molar-refractivity contribution in [3.8, 4) is 0 Å². The fraction of sp³-hybridized carbons (Fsp3) is 0.700. The number of piperidine rings is 1. The van der Waals surface area contributed by atoms with E-state index in [1.54, 1.807) is 0 Å². The third kappa shape index (κ3) is 3.59. The zero-order chi connectivity index (χ0) is 9.52. The molecule has 1 saturated heterocycles. The van der Waals surface area contributed by atoms with E-state index in [1.165, 1.54) is 0 Å². The van der Waals surface area contributed by atoms with Gasteiger partial charge in [0.15, 0.2) is 0 Å². The van der Waals surface area contributed by atoms with Gasteiger partial charge < -0.3 is 10.6 Å². The van der Waals surface area contributed by atoms with Gasteiger partial charge in [-0.3, -0.25) is 4.79 Å². The van der Waals surface area contributed by atoms with Gasteiger partial charge in [-0.05, 0) is 25.8 Å². The lowest BCUT2D eigenvalue weighted by molar-refractivity contribution is -0.125. The van der Waals surface area contributed by atoms with E-state index in [0.717, 1.165) is 38.9 Å². The fourth-order valence-corrected chi connectivity index (χ4v) is 1.52. The third-order valence-corrected chi connectivity index (χ3v) is 2.32. The fourth-order valence-electron chi connectivity index (χ4n) is 1.52. The molecule has 0 aromatic carbocycles. The molecule has 74 valence electrons. The molecule has 1 amide bonds. The number of nitrogens with one attached hydrogen (secondary N) is 2. The molecule has 0 aromatic rings. The normalized spacial score (nSPS) is 22.3. The Kier molecular flexibility index (Phi) is 4.54. The maximum absolute atomic E-state index is 11.5. The predicted molar refractivity (Wildman–Crippen MR) is 53.4 cm³/mol. The van der Waals surface area contributed by atoms with Crippen LogP contribution in [0.4, 0.5) is 0 Å². The second-order valence-electron chi connectivity index (χ2n) is 3.41. The molecule has 2 N–H and O–H groups in total. The molecule has 0 saturated carbocycles. The van der Waals surface area contributed by atoms with Gasteiger partial charge in [0.05, 0.1) is 5.92 Å². The standard InChI is InChI=1S/C10H18N2O/c1-2-3-7-12-10(13)9-5-4-6-11-8-9/h2,9,11H,1,3-8H2,(H,12,13). The molecule has 3 heteroatoms. The molecule has 1 fully saturated rings. The average Bonchev–Trinajstić information content (AvgIpc) is 2.19. The summed E-state index contributed by atoms with van der Waals surface area (Å²) in [4.78, 5) is 11.5. The Labute approximate surface area is 79.6 Å². The highest BCUT2D eigenvalue weighted by Crippen LogP contribution is 2.09. The third-order valence-electron chi connectivity index (χ3n) is 2.32. The molecule has 1 aliphatic heterocycles. The highest BCUT2D eigenvalue weighted by Gasteiger charge is 2.19. The van der Waals surface area contributed by atoms with E-state index in [2.05, 4.69) is 17.2 Å². The van der Waals surface area contributed by atoms with Crippen molar-refractivity contribution in [1.29, 1.82) is 0 Å². The summed E-state index contributed by atoms with van der Waals surface area (Å²) in [6.07, 6.45) is 4.80. The molecule has 1 atom stereocenters. The van der Waals surface area contributed by atoms with Crippen molar-refractivity contribution in [2.75, 3.05) is 19.6 Å². The van der Waals surface area contributed by atoms with Gasteiger partial charge in [0.2, 0.25) is 5.91 Å². The van der Waals surface area contributed by atoms with Crippen LogP contribution < -0.4 is 10.6 Å². The molecule has 1 aliphatic rings. The Balaban J connectivity index is 2.17. The number of carbonyl (C=O) groups excluding carboxylic acids is 1. The van der Waals surface area contributed by atoms with Gasteiger partial charge in [-0.15, -0.1) is 6.58 Å². The highest BCUT2D eigenvalue weighted by atomic mass is 16.1. The minimum Gasteiger partial charge on any atom is -0.356 e. The van der Waals surface area contributed by atoms with Crippen molar-refractivity contribution in [3.05, 3.63) is 12.7 Å². The van der Waals surface area contributed by atoms with E-state index < -0.39 is 0 Å². The van der Waals surface area contributed by atoms with Crippen LogP contribution in [-0.2, 0) is 4.79 Å². The Morgan fingerprint density at radius 3 is 3.15 bits per heavy atom. The molecule has 1 heterocycles. The zero-order valence-electron chi connectivity index (χ0n) is 8.01. The first-order chi connectivity index (χ1) is 6.34. The Morgan fingerprint density at radius 2 is 2.54 bits per heavy atom. The van der Waals surface area contributed by atoms with Gasteiger partial charge >= 0.3 is 0 Å². The summed E-state index contributed by atoms with van der Waals surface area (Å²) in [5.74, 6) is 0.368. The van der Waals surface area contributed by atoms with Crippen molar-refractivity contribution in [2.24, 2.45) is 5.92 Å². The van der Waals surface area contributed by atoms with E-state index in [-0.39, 0.29) is 11.8 Å². The molecule has 0 radical (unpaired) electrons. The van der Waals surface area contributed by atoms with E-state index in [4.69, 9.17) is 0 Å². The van der Waals surface area contributed by atoms with Crippen LogP contribution in [0.3, 0.4) is 0 Å². The van der Waals surface area contributed by atoms with Gasteiger partial charge in [-0.1, -0.05) is 6.08 Å². The summed E-state index contributed by atoms with van der Waals surface area (Å²) in [6, 6.07) is 0. The lowest BCUT2D eigenvalue weighted by Crippen LogP contribution is -2.40. The predicted octanol–water partition coefficient (Wildman–Crippen LogP) is 0.678. The van der Waals surface area contributed by atoms with Crippen LogP contribution >= 0.6 is 0 Å². The summed E-state index contributed by atoms with van der Waals surface area (Å²) in [5, 5.41) is 6.13. The lowest BCUT2D eigenvalue weighted by Gasteiger charge is -2.21. The van der Waals surface area contributed by atoms with Crippen LogP contribution in [0.5, 0.6) is 0 Å². The van der Waals surface area contributed by atoms with Gasteiger partial charge in [0.1, 0.15) is 0 Å². The molecular formula is C10H18N2O. The lowest BCUT2D eigenvalue weighted by atomic mass is 9.99. The summed E-state index contributed by atoms with van der Waals surface area (Å²) in [7, 11) is 0. The minimum atomic E-state index is 0.179. The number of amides is 1. The molecular weight excluding hydrogens is 164 g/mol. The SMILES string of the molecule is C=CCCNC(=O)C1CCCNC1. The van der Waals surface area contributed by atoms with Gasteiger partial charge in [0, 0.05) is 13.1 Å². The van der Waals surface area contributed by atoms with Crippen LogP contribution in [0.2, 0.25) is 0 Å². The quantitative estimate of drug-likeness (QED) is 0.496. The molecule has 1 rings (SSSR count). The average molecular weight is 182 g/mol. The summed E-state index contributed by atoms with van der Waals surface area (Å²) in [6.45, 7) is 6.21. The summed E-state index contributed by atoms with van der Waals surface area (Å²) < 4.78 is 0. The van der Waals surface area contributed by atoms with E-state index in [1.807, 2.05) is 6.08 Å². The number of hydrogen-bond acceptors (Lipinski definition) is 2. The molecule has 0 aliphatic carbocycles. The van der Waals surface area contributed by atoms with Crippen molar-refractivity contribution < 1.29 is 4.79 Å². The Hall–Kier alpha value is -0.830. The summed E-state index contributed by atoms with van der Waals surface area (Å²) >= 11 is 0. The van der Waals surface area contributed by atoms with E-state index in [0.29, 0.717) is 0 Å². The van der Waals surface area contributed by atoms with Crippen LogP contribution in [-0.4, -0.2) is 25.5 Å². The number of hydrogen-bond donors (Lipinski definition) is 2. The van der Waals surface area contributed by atoms with Crippen molar-refractivity contribution in [1.82, 2.24) is 10.6 Å². The highest BCUT2D eigenvalue weighted by molar-refractivity contribution is 5.78. The first-order valence-corrected chi connectivity index (χ1v) is 4.94. The molecule has 3 nitrogen and oxygen atoms in total. The van der Waals surface area contributed by atoms with Gasteiger partial charge in [0.25, 0.3) is 0 Å². The Bertz CT molecular complexity index is 174. The van der Waals surface area contributed by atoms with Crippen molar-refractivity contribution in [2.45, 2.75) is 19.3 Å². The number of carbonyl (C=O) groups is 1. The number of rotatable bonds is 4. The van der Waals surface area contributed by atoms with Crippen LogP contribution in [0.25, 0.3) is 0 Å². The summed E-state index contributed by atoms with van der Waals surface area (Å²) in [5.41, 5.74) is 0. The van der Waals surface area contributed by atoms with Crippen LogP contribution in [0.15, 0.2) is 12.7 Å². The van der Waals surface area contributed by atoms with E-state index >= 15 is 0 Å². The van der Waals surface area contributed by atoms with Crippen LogP contribution in [0.1, 0.15) is 19.3 Å². The molecule has 0 spiro atoms. The maximum Gasteiger partial charge on any atom is 0.224 e. The topological polar surface area (TPSA) is 41.1 Å². The van der Waals surface area contributed by atoms with Crippen molar-refractivity contribution in [3.63, 3.8) is 0 Å². The molecule has 0 bridgehead atoms. The second-order valence-corrected chi connectivity index (χ2v) is 3.41.